The number of benzene rings is 1. The predicted molar refractivity (Wildman–Crippen MR) is 78.6 cm³/mol. The van der Waals surface area contributed by atoms with E-state index in [2.05, 4.69) is 15.5 Å². The molecule has 1 aliphatic rings. The number of aromatic nitrogens is 2. The number of amides is 1. The molecule has 2 aromatic rings. The van der Waals surface area contributed by atoms with Crippen molar-refractivity contribution in [3.05, 3.63) is 30.7 Å². The van der Waals surface area contributed by atoms with Gasteiger partial charge in [-0.1, -0.05) is 0 Å². The van der Waals surface area contributed by atoms with Crippen molar-refractivity contribution in [1.82, 2.24) is 15.1 Å². The molecule has 110 valence electrons. The molecular weight excluding hydrogens is 268 g/mol. The normalized spacial score (nSPS) is 16.0. The van der Waals surface area contributed by atoms with Crippen LogP contribution in [0.1, 0.15) is 19.8 Å². The molecule has 0 saturated carbocycles. The number of piperidine rings is 1. The molecule has 21 heavy (non-hydrogen) atoms. The summed E-state index contributed by atoms with van der Waals surface area (Å²) in [4.78, 5) is 13.2. The fourth-order valence-corrected chi connectivity index (χ4v) is 2.58. The molecule has 6 nitrogen and oxygen atoms in total. The molecule has 0 spiro atoms. The fraction of sp³-hybridized carbons (Fsp3) is 0.400. The van der Waals surface area contributed by atoms with Gasteiger partial charge < -0.3 is 14.6 Å². The number of nitrogens with zero attached hydrogens (tertiary/aromatic N) is 3. The van der Waals surface area contributed by atoms with Gasteiger partial charge in [0.05, 0.1) is 0 Å². The third-order valence-corrected chi connectivity index (χ3v) is 3.80. The molecule has 1 aromatic carbocycles. The Morgan fingerprint density at radius 3 is 2.57 bits per heavy atom. The first-order valence-corrected chi connectivity index (χ1v) is 7.11. The Morgan fingerprint density at radius 2 is 2.00 bits per heavy atom. The quantitative estimate of drug-likeness (QED) is 0.936. The van der Waals surface area contributed by atoms with Crippen molar-refractivity contribution >= 4 is 11.6 Å². The van der Waals surface area contributed by atoms with Gasteiger partial charge in [0.25, 0.3) is 0 Å². The third kappa shape index (κ3) is 3.21. The zero-order valence-electron chi connectivity index (χ0n) is 12.0. The SMILES string of the molecule is CC(=O)N1CCC(Nc2ccc(-c3nnco3)cc2)CC1. The van der Waals surface area contributed by atoms with Crippen LogP contribution in [0, 0.1) is 0 Å². The van der Waals surface area contributed by atoms with Crippen molar-refractivity contribution in [2.45, 2.75) is 25.8 Å². The second-order valence-electron chi connectivity index (χ2n) is 5.25. The van der Waals surface area contributed by atoms with Crippen LogP contribution in [-0.4, -0.2) is 40.1 Å². The lowest BCUT2D eigenvalue weighted by Gasteiger charge is -2.32. The van der Waals surface area contributed by atoms with Crippen LogP contribution in [0.3, 0.4) is 0 Å². The summed E-state index contributed by atoms with van der Waals surface area (Å²) in [6.07, 6.45) is 3.28. The number of carbonyl (C=O) groups is 1. The van der Waals surface area contributed by atoms with Crippen LogP contribution in [0.4, 0.5) is 5.69 Å². The van der Waals surface area contributed by atoms with Crippen LogP contribution in [0.2, 0.25) is 0 Å². The Hall–Kier alpha value is -2.37. The van der Waals surface area contributed by atoms with Gasteiger partial charge in [0, 0.05) is 37.3 Å². The van der Waals surface area contributed by atoms with Gasteiger partial charge >= 0.3 is 0 Å². The number of likely N-dealkylation sites (tertiary alicyclic amines) is 1. The molecule has 1 amide bonds. The minimum Gasteiger partial charge on any atom is -0.423 e. The number of carbonyl (C=O) groups excluding carboxylic acids is 1. The maximum absolute atomic E-state index is 11.3. The Labute approximate surface area is 123 Å². The third-order valence-electron chi connectivity index (χ3n) is 3.80. The zero-order valence-corrected chi connectivity index (χ0v) is 12.0. The maximum Gasteiger partial charge on any atom is 0.247 e. The lowest BCUT2D eigenvalue weighted by molar-refractivity contribution is -0.129. The lowest BCUT2D eigenvalue weighted by Crippen LogP contribution is -2.41. The molecular formula is C15H18N4O2. The molecule has 0 atom stereocenters. The first kappa shape index (κ1) is 13.6. The van der Waals surface area contributed by atoms with Crippen LogP contribution in [0.15, 0.2) is 35.1 Å². The Balaban J connectivity index is 1.58. The van der Waals surface area contributed by atoms with E-state index < -0.39 is 0 Å². The molecule has 1 aromatic heterocycles. The van der Waals surface area contributed by atoms with Crippen LogP contribution >= 0.6 is 0 Å². The number of hydrogen-bond acceptors (Lipinski definition) is 5. The van der Waals surface area contributed by atoms with Gasteiger partial charge in [0.1, 0.15) is 0 Å². The highest BCUT2D eigenvalue weighted by Gasteiger charge is 2.20. The molecule has 0 unspecified atom stereocenters. The van der Waals surface area contributed by atoms with E-state index in [0.29, 0.717) is 11.9 Å². The summed E-state index contributed by atoms with van der Waals surface area (Å²) in [7, 11) is 0. The summed E-state index contributed by atoms with van der Waals surface area (Å²) in [5.41, 5.74) is 1.98. The van der Waals surface area contributed by atoms with E-state index in [0.717, 1.165) is 37.2 Å². The molecule has 2 heterocycles. The predicted octanol–water partition coefficient (Wildman–Crippen LogP) is 2.16. The van der Waals surface area contributed by atoms with Gasteiger partial charge in [-0.15, -0.1) is 10.2 Å². The minimum absolute atomic E-state index is 0.164. The molecule has 1 saturated heterocycles. The monoisotopic (exact) mass is 286 g/mol. The van der Waals surface area contributed by atoms with Gasteiger partial charge in [-0.2, -0.15) is 0 Å². The largest absolute Gasteiger partial charge is 0.423 e. The molecule has 1 aliphatic heterocycles. The summed E-state index contributed by atoms with van der Waals surface area (Å²) in [6, 6.07) is 8.35. The van der Waals surface area contributed by atoms with Crippen molar-refractivity contribution in [3.63, 3.8) is 0 Å². The highest BCUT2D eigenvalue weighted by Crippen LogP contribution is 2.21. The fourth-order valence-electron chi connectivity index (χ4n) is 2.58. The highest BCUT2D eigenvalue weighted by atomic mass is 16.4. The second-order valence-corrected chi connectivity index (χ2v) is 5.25. The van der Waals surface area contributed by atoms with Gasteiger partial charge in [0.15, 0.2) is 0 Å². The first-order valence-electron chi connectivity index (χ1n) is 7.11. The molecule has 0 radical (unpaired) electrons. The van der Waals surface area contributed by atoms with E-state index in [4.69, 9.17) is 4.42 Å². The Morgan fingerprint density at radius 1 is 1.29 bits per heavy atom. The van der Waals surface area contributed by atoms with Crippen LogP contribution in [0.25, 0.3) is 11.5 Å². The molecule has 1 N–H and O–H groups in total. The highest BCUT2D eigenvalue weighted by molar-refractivity contribution is 5.73. The average Bonchev–Trinajstić information content (AvgIpc) is 3.03. The maximum atomic E-state index is 11.3. The van der Waals surface area contributed by atoms with Crippen LogP contribution < -0.4 is 5.32 Å². The van der Waals surface area contributed by atoms with Crippen molar-refractivity contribution in [2.24, 2.45) is 0 Å². The zero-order chi connectivity index (χ0) is 14.7. The molecule has 1 fully saturated rings. The second kappa shape index (κ2) is 5.95. The minimum atomic E-state index is 0.164. The van der Waals surface area contributed by atoms with E-state index in [1.165, 1.54) is 6.39 Å². The topological polar surface area (TPSA) is 71.3 Å². The number of hydrogen-bond donors (Lipinski definition) is 1. The smallest absolute Gasteiger partial charge is 0.247 e. The van der Waals surface area contributed by atoms with Crippen LogP contribution in [-0.2, 0) is 4.79 Å². The molecule has 0 aliphatic carbocycles. The summed E-state index contributed by atoms with van der Waals surface area (Å²) in [5.74, 6) is 0.689. The Bertz CT molecular complexity index is 587. The van der Waals surface area contributed by atoms with E-state index >= 15 is 0 Å². The number of nitrogens with one attached hydrogen (secondary N) is 1. The first-order chi connectivity index (χ1) is 10.2. The Kier molecular flexibility index (Phi) is 3.85. The molecule has 3 rings (SSSR count). The summed E-state index contributed by atoms with van der Waals surface area (Å²) >= 11 is 0. The lowest BCUT2D eigenvalue weighted by atomic mass is 10.0. The van der Waals surface area contributed by atoms with Gasteiger partial charge in [0.2, 0.25) is 18.2 Å². The van der Waals surface area contributed by atoms with Gasteiger partial charge in [-0.05, 0) is 37.1 Å². The van der Waals surface area contributed by atoms with E-state index in [9.17, 15) is 4.79 Å². The standard InChI is InChI=1S/C15H18N4O2/c1-11(20)19-8-6-14(7-9-19)17-13-4-2-12(3-5-13)15-18-16-10-21-15/h2-5,10,14,17H,6-9H2,1H3. The molecule has 0 bridgehead atoms. The van der Waals surface area contributed by atoms with Crippen molar-refractivity contribution < 1.29 is 9.21 Å². The average molecular weight is 286 g/mol. The van der Waals surface area contributed by atoms with Crippen molar-refractivity contribution in [2.75, 3.05) is 18.4 Å². The number of anilines is 1. The summed E-state index contributed by atoms with van der Waals surface area (Å²) in [6.45, 7) is 3.28. The summed E-state index contributed by atoms with van der Waals surface area (Å²) < 4.78 is 5.16. The van der Waals surface area contributed by atoms with E-state index in [1.54, 1.807) is 6.92 Å². The van der Waals surface area contributed by atoms with Crippen LogP contribution in [0.5, 0.6) is 0 Å². The van der Waals surface area contributed by atoms with E-state index in [1.807, 2.05) is 29.2 Å². The van der Waals surface area contributed by atoms with Crippen molar-refractivity contribution in [1.29, 1.82) is 0 Å². The van der Waals surface area contributed by atoms with Gasteiger partial charge in [-0.25, -0.2) is 0 Å². The van der Waals surface area contributed by atoms with E-state index in [-0.39, 0.29) is 5.91 Å². The summed E-state index contributed by atoms with van der Waals surface area (Å²) in [5, 5.41) is 11.1. The number of rotatable bonds is 3. The van der Waals surface area contributed by atoms with Crippen molar-refractivity contribution in [3.8, 4) is 11.5 Å². The van der Waals surface area contributed by atoms with Gasteiger partial charge in [-0.3, -0.25) is 4.79 Å². The molecule has 6 heteroatoms.